The fourth-order valence-electron chi connectivity index (χ4n) is 1.60. The molecule has 16 heavy (non-hydrogen) atoms. The first-order valence-corrected chi connectivity index (χ1v) is 5.61. The van der Waals surface area contributed by atoms with Crippen LogP contribution in [0.25, 0.3) is 5.69 Å². The van der Waals surface area contributed by atoms with Crippen LogP contribution in [0.15, 0.2) is 33.5 Å². The predicted molar refractivity (Wildman–Crippen MR) is 67.9 cm³/mol. The first-order valence-electron chi connectivity index (χ1n) is 4.82. The average molecular weight is 282 g/mol. The van der Waals surface area contributed by atoms with E-state index in [0.717, 1.165) is 15.9 Å². The molecule has 0 amide bonds. The van der Waals surface area contributed by atoms with Crippen LogP contribution in [0.4, 0.5) is 5.69 Å². The van der Waals surface area contributed by atoms with Crippen molar-refractivity contribution in [3.8, 4) is 5.69 Å². The van der Waals surface area contributed by atoms with Crippen molar-refractivity contribution in [1.29, 1.82) is 0 Å². The van der Waals surface area contributed by atoms with Gasteiger partial charge >= 0.3 is 0 Å². The van der Waals surface area contributed by atoms with Gasteiger partial charge < -0.3 is 5.73 Å². The number of benzene rings is 1. The molecule has 0 aliphatic heterocycles. The summed E-state index contributed by atoms with van der Waals surface area (Å²) in [6, 6.07) is 7.51. The molecular formula is C11H12BrN3O. The van der Waals surface area contributed by atoms with Gasteiger partial charge in [-0.1, -0.05) is 15.9 Å². The van der Waals surface area contributed by atoms with Crippen LogP contribution in [-0.2, 0) is 7.05 Å². The van der Waals surface area contributed by atoms with Crippen LogP contribution in [0, 0.1) is 6.92 Å². The predicted octanol–water partition coefficient (Wildman–Crippen LogP) is 1.83. The third-order valence-corrected chi connectivity index (χ3v) is 3.20. The molecule has 0 saturated carbocycles. The molecule has 1 heterocycles. The van der Waals surface area contributed by atoms with Gasteiger partial charge in [-0.3, -0.25) is 9.48 Å². The molecule has 5 heteroatoms. The third-order valence-electron chi connectivity index (χ3n) is 2.67. The highest BCUT2D eigenvalue weighted by Gasteiger charge is 2.12. The van der Waals surface area contributed by atoms with E-state index in [1.54, 1.807) is 9.36 Å². The lowest BCUT2D eigenvalue weighted by molar-refractivity contribution is 0.630. The minimum atomic E-state index is -0.178. The normalized spacial score (nSPS) is 10.7. The molecule has 0 aliphatic rings. The van der Waals surface area contributed by atoms with Gasteiger partial charge in [-0.05, 0) is 31.2 Å². The molecule has 2 rings (SSSR count). The summed E-state index contributed by atoms with van der Waals surface area (Å²) >= 11 is 3.36. The number of anilines is 1. The number of hydrogen-bond acceptors (Lipinski definition) is 2. The molecule has 2 N–H and O–H groups in total. The van der Waals surface area contributed by atoms with Crippen LogP contribution in [0.2, 0.25) is 0 Å². The molecule has 84 valence electrons. The molecular weight excluding hydrogens is 270 g/mol. The van der Waals surface area contributed by atoms with Crippen molar-refractivity contribution in [1.82, 2.24) is 9.36 Å². The first kappa shape index (κ1) is 11.0. The molecule has 2 aromatic rings. The zero-order chi connectivity index (χ0) is 11.9. The van der Waals surface area contributed by atoms with Crippen molar-refractivity contribution in [3.05, 3.63) is 44.8 Å². The summed E-state index contributed by atoms with van der Waals surface area (Å²) < 4.78 is 4.28. The Kier molecular flexibility index (Phi) is 2.63. The summed E-state index contributed by atoms with van der Waals surface area (Å²) in [6.07, 6.45) is 0. The van der Waals surface area contributed by atoms with E-state index in [1.165, 1.54) is 0 Å². The smallest absolute Gasteiger partial charge is 0.294 e. The number of hydrogen-bond donors (Lipinski definition) is 1. The zero-order valence-electron chi connectivity index (χ0n) is 9.07. The summed E-state index contributed by atoms with van der Waals surface area (Å²) in [6.45, 7) is 1.83. The number of nitrogens with zero attached hydrogens (tertiary/aromatic N) is 2. The van der Waals surface area contributed by atoms with E-state index in [0.29, 0.717) is 5.69 Å². The summed E-state index contributed by atoms with van der Waals surface area (Å²) in [5.41, 5.74) is 7.40. The van der Waals surface area contributed by atoms with Crippen molar-refractivity contribution in [2.75, 3.05) is 5.73 Å². The summed E-state index contributed by atoms with van der Waals surface area (Å²) in [7, 11) is 1.81. The maximum Gasteiger partial charge on any atom is 0.294 e. The molecule has 0 saturated heterocycles. The highest BCUT2D eigenvalue weighted by molar-refractivity contribution is 9.10. The van der Waals surface area contributed by atoms with Crippen molar-refractivity contribution < 1.29 is 0 Å². The van der Waals surface area contributed by atoms with Crippen molar-refractivity contribution in [2.45, 2.75) is 6.92 Å². The third kappa shape index (κ3) is 1.57. The van der Waals surface area contributed by atoms with Gasteiger partial charge in [-0.15, -0.1) is 0 Å². The maximum atomic E-state index is 11.9. The van der Waals surface area contributed by atoms with Crippen molar-refractivity contribution >= 4 is 21.6 Å². The summed E-state index contributed by atoms with van der Waals surface area (Å²) in [4.78, 5) is 11.9. The van der Waals surface area contributed by atoms with Gasteiger partial charge in [-0.25, -0.2) is 4.68 Å². The number of nitrogen functional groups attached to an aromatic ring is 1. The van der Waals surface area contributed by atoms with Gasteiger partial charge in [0.05, 0.1) is 11.4 Å². The first-order chi connectivity index (χ1) is 7.52. The summed E-state index contributed by atoms with van der Waals surface area (Å²) in [5, 5.41) is 0. The molecule has 0 bridgehead atoms. The maximum absolute atomic E-state index is 11.9. The van der Waals surface area contributed by atoms with Crippen LogP contribution in [0.3, 0.4) is 0 Å². The fraction of sp³-hybridized carbons (Fsp3) is 0.182. The van der Waals surface area contributed by atoms with E-state index in [2.05, 4.69) is 15.9 Å². The van der Waals surface area contributed by atoms with E-state index < -0.39 is 0 Å². The molecule has 1 aromatic heterocycles. The Balaban J connectivity index is 2.70. The lowest BCUT2D eigenvalue weighted by Gasteiger charge is -2.07. The molecule has 1 aromatic carbocycles. The molecule has 0 fully saturated rings. The van der Waals surface area contributed by atoms with E-state index in [4.69, 9.17) is 5.73 Å². The quantitative estimate of drug-likeness (QED) is 0.867. The summed E-state index contributed by atoms with van der Waals surface area (Å²) in [5.74, 6) is 0. The largest absolute Gasteiger partial charge is 0.393 e. The van der Waals surface area contributed by atoms with Gasteiger partial charge in [0.25, 0.3) is 5.56 Å². The van der Waals surface area contributed by atoms with Crippen LogP contribution >= 0.6 is 15.9 Å². The molecule has 0 atom stereocenters. The van der Waals surface area contributed by atoms with Crippen molar-refractivity contribution in [3.63, 3.8) is 0 Å². The number of aromatic nitrogens is 2. The Labute approximate surface area is 101 Å². The Hall–Kier alpha value is -1.49. The van der Waals surface area contributed by atoms with Crippen LogP contribution in [0.5, 0.6) is 0 Å². The van der Waals surface area contributed by atoms with Gasteiger partial charge in [0, 0.05) is 11.5 Å². The SMILES string of the molecule is Cc1c(N)c(=O)n(-c2ccc(Br)cc2)n1C. The lowest BCUT2D eigenvalue weighted by Crippen LogP contribution is -2.20. The van der Waals surface area contributed by atoms with Crippen LogP contribution in [-0.4, -0.2) is 9.36 Å². The van der Waals surface area contributed by atoms with Gasteiger partial charge in [-0.2, -0.15) is 0 Å². The molecule has 0 aliphatic carbocycles. The van der Waals surface area contributed by atoms with Gasteiger partial charge in [0.15, 0.2) is 0 Å². The molecule has 4 nitrogen and oxygen atoms in total. The second kappa shape index (κ2) is 3.83. The van der Waals surface area contributed by atoms with Crippen LogP contribution < -0.4 is 11.3 Å². The van der Waals surface area contributed by atoms with E-state index in [1.807, 2.05) is 38.2 Å². The number of halogens is 1. The Morgan fingerprint density at radius 2 is 1.81 bits per heavy atom. The Morgan fingerprint density at radius 3 is 2.25 bits per heavy atom. The molecule has 0 spiro atoms. The van der Waals surface area contributed by atoms with E-state index >= 15 is 0 Å². The highest BCUT2D eigenvalue weighted by Crippen LogP contribution is 2.15. The zero-order valence-corrected chi connectivity index (χ0v) is 10.7. The van der Waals surface area contributed by atoms with E-state index in [-0.39, 0.29) is 5.56 Å². The Morgan fingerprint density at radius 1 is 1.25 bits per heavy atom. The standard InChI is InChI=1S/C11H12BrN3O/c1-7-10(13)11(16)15(14(7)2)9-5-3-8(12)4-6-9/h3-6H,13H2,1-2H3. The Bertz CT molecular complexity index is 581. The second-order valence-electron chi connectivity index (χ2n) is 3.62. The fourth-order valence-corrected chi connectivity index (χ4v) is 1.87. The van der Waals surface area contributed by atoms with Crippen LogP contribution in [0.1, 0.15) is 5.69 Å². The lowest BCUT2D eigenvalue weighted by atomic mass is 10.3. The van der Waals surface area contributed by atoms with E-state index in [9.17, 15) is 4.79 Å². The average Bonchev–Trinajstić information content (AvgIpc) is 2.46. The van der Waals surface area contributed by atoms with Gasteiger partial charge in [0.2, 0.25) is 0 Å². The number of nitrogens with two attached hydrogens (primary N) is 1. The minimum Gasteiger partial charge on any atom is -0.393 e. The number of rotatable bonds is 1. The minimum absolute atomic E-state index is 0.178. The van der Waals surface area contributed by atoms with Gasteiger partial charge in [0.1, 0.15) is 5.69 Å². The topological polar surface area (TPSA) is 53.0 Å². The molecule has 0 unspecified atom stereocenters. The monoisotopic (exact) mass is 281 g/mol. The molecule has 0 radical (unpaired) electrons. The van der Waals surface area contributed by atoms with Crippen molar-refractivity contribution in [2.24, 2.45) is 7.05 Å². The second-order valence-corrected chi connectivity index (χ2v) is 4.53. The highest BCUT2D eigenvalue weighted by atomic mass is 79.9.